The van der Waals surface area contributed by atoms with Gasteiger partial charge in [0.05, 0.1) is 7.11 Å². The van der Waals surface area contributed by atoms with Gasteiger partial charge in [0.1, 0.15) is 5.69 Å². The molecule has 0 saturated heterocycles. The van der Waals surface area contributed by atoms with Crippen LogP contribution in [0.4, 0.5) is 0 Å². The molecule has 64 valence electrons. The molecule has 0 amide bonds. The van der Waals surface area contributed by atoms with Crippen molar-refractivity contribution in [1.29, 1.82) is 0 Å². The molecule has 1 rings (SSSR count). The number of aryl methyl sites for hydroxylation is 1. The van der Waals surface area contributed by atoms with Crippen molar-refractivity contribution in [2.45, 2.75) is 6.92 Å². The Hall–Kier alpha value is -1.58. The maximum atomic E-state index is 10.9. The normalized spacial score (nSPS) is 9.50. The standard InChI is InChI=1S/C8H9NO3/c1-5-6(4-10)3-7(9-5)8(11)12-2/h3-4,9H,1-2H3. The van der Waals surface area contributed by atoms with Gasteiger partial charge in [-0.25, -0.2) is 4.79 Å². The highest BCUT2D eigenvalue weighted by Gasteiger charge is 2.10. The van der Waals surface area contributed by atoms with Gasteiger partial charge >= 0.3 is 5.97 Å². The molecule has 0 atom stereocenters. The number of hydrogen-bond donors (Lipinski definition) is 1. The molecule has 12 heavy (non-hydrogen) atoms. The fourth-order valence-electron chi connectivity index (χ4n) is 0.916. The topological polar surface area (TPSA) is 59.2 Å². The molecule has 4 nitrogen and oxygen atoms in total. The van der Waals surface area contributed by atoms with Crippen LogP contribution in [-0.4, -0.2) is 24.3 Å². The zero-order valence-corrected chi connectivity index (χ0v) is 6.88. The zero-order chi connectivity index (χ0) is 9.14. The van der Waals surface area contributed by atoms with E-state index < -0.39 is 5.97 Å². The van der Waals surface area contributed by atoms with Crippen LogP contribution < -0.4 is 0 Å². The van der Waals surface area contributed by atoms with Gasteiger partial charge in [-0.05, 0) is 13.0 Å². The van der Waals surface area contributed by atoms with E-state index in [4.69, 9.17) is 0 Å². The lowest BCUT2D eigenvalue weighted by atomic mass is 10.3. The summed E-state index contributed by atoms with van der Waals surface area (Å²) in [5.74, 6) is -0.466. The number of ether oxygens (including phenoxy) is 1. The first-order valence-electron chi connectivity index (χ1n) is 3.42. The molecule has 0 aliphatic carbocycles. The highest BCUT2D eigenvalue weighted by molar-refractivity contribution is 5.90. The van der Waals surface area contributed by atoms with Crippen molar-refractivity contribution in [2.24, 2.45) is 0 Å². The molecule has 4 heteroatoms. The molecule has 0 radical (unpaired) electrons. The Balaban J connectivity index is 3.04. The quantitative estimate of drug-likeness (QED) is 0.526. The molecular weight excluding hydrogens is 158 g/mol. The van der Waals surface area contributed by atoms with Crippen LogP contribution in [0.3, 0.4) is 0 Å². The zero-order valence-electron chi connectivity index (χ0n) is 6.88. The fraction of sp³-hybridized carbons (Fsp3) is 0.250. The maximum absolute atomic E-state index is 10.9. The van der Waals surface area contributed by atoms with Gasteiger partial charge in [0.2, 0.25) is 0 Å². The third-order valence-corrected chi connectivity index (χ3v) is 1.59. The Labute approximate surface area is 69.5 Å². The van der Waals surface area contributed by atoms with Crippen molar-refractivity contribution in [3.05, 3.63) is 23.0 Å². The number of nitrogens with one attached hydrogen (secondary N) is 1. The van der Waals surface area contributed by atoms with E-state index in [1.54, 1.807) is 6.92 Å². The van der Waals surface area contributed by atoms with Crippen LogP contribution in [-0.2, 0) is 4.74 Å². The third-order valence-electron chi connectivity index (χ3n) is 1.59. The summed E-state index contributed by atoms with van der Waals surface area (Å²) >= 11 is 0. The van der Waals surface area contributed by atoms with Crippen LogP contribution in [0.1, 0.15) is 26.5 Å². The number of H-pyrrole nitrogens is 1. The van der Waals surface area contributed by atoms with E-state index >= 15 is 0 Å². The Morgan fingerprint density at radius 2 is 2.33 bits per heavy atom. The Bertz CT molecular complexity index is 314. The lowest BCUT2D eigenvalue weighted by Gasteiger charge is -1.92. The fourth-order valence-corrected chi connectivity index (χ4v) is 0.916. The summed E-state index contributed by atoms with van der Waals surface area (Å²) in [6, 6.07) is 1.47. The van der Waals surface area contributed by atoms with Crippen LogP contribution in [0.25, 0.3) is 0 Å². The van der Waals surface area contributed by atoms with Crippen molar-refractivity contribution in [1.82, 2.24) is 4.98 Å². The molecule has 0 saturated carbocycles. The number of aldehydes is 1. The van der Waals surface area contributed by atoms with Crippen molar-refractivity contribution >= 4 is 12.3 Å². The molecule has 0 aliphatic heterocycles. The average molecular weight is 167 g/mol. The number of rotatable bonds is 2. The van der Waals surface area contributed by atoms with Gasteiger partial charge in [0, 0.05) is 11.3 Å². The molecule has 0 bridgehead atoms. The number of esters is 1. The summed E-state index contributed by atoms with van der Waals surface area (Å²) in [5, 5.41) is 0. The first kappa shape index (κ1) is 8.52. The summed E-state index contributed by atoms with van der Waals surface area (Å²) < 4.78 is 4.46. The largest absolute Gasteiger partial charge is 0.464 e. The van der Waals surface area contributed by atoms with E-state index in [1.807, 2.05) is 0 Å². The first-order chi connectivity index (χ1) is 5.69. The lowest BCUT2D eigenvalue weighted by Crippen LogP contribution is -2.00. The summed E-state index contributed by atoms with van der Waals surface area (Å²) in [6.07, 6.45) is 0.693. The van der Waals surface area contributed by atoms with Crippen molar-refractivity contribution in [2.75, 3.05) is 7.11 Å². The number of aromatic nitrogens is 1. The van der Waals surface area contributed by atoms with E-state index in [2.05, 4.69) is 9.72 Å². The Morgan fingerprint density at radius 3 is 2.75 bits per heavy atom. The summed E-state index contributed by atoms with van der Waals surface area (Å²) in [4.78, 5) is 24.0. The van der Waals surface area contributed by atoms with E-state index in [9.17, 15) is 9.59 Å². The number of carbonyl (C=O) groups excluding carboxylic acids is 2. The number of aromatic amines is 1. The molecule has 0 aliphatic rings. The molecule has 1 N–H and O–H groups in total. The minimum absolute atomic E-state index is 0.303. The smallest absolute Gasteiger partial charge is 0.354 e. The number of hydrogen-bond acceptors (Lipinski definition) is 3. The van der Waals surface area contributed by atoms with Gasteiger partial charge in [-0.1, -0.05) is 0 Å². The van der Waals surface area contributed by atoms with E-state index in [0.29, 0.717) is 23.2 Å². The minimum atomic E-state index is -0.466. The third kappa shape index (κ3) is 1.37. The maximum Gasteiger partial charge on any atom is 0.354 e. The average Bonchev–Trinajstić information content (AvgIpc) is 2.45. The Morgan fingerprint density at radius 1 is 1.67 bits per heavy atom. The predicted molar refractivity (Wildman–Crippen MR) is 42.3 cm³/mol. The predicted octanol–water partition coefficient (Wildman–Crippen LogP) is 0.922. The molecule has 1 aromatic heterocycles. The van der Waals surface area contributed by atoms with Gasteiger partial charge in [-0.15, -0.1) is 0 Å². The summed E-state index contributed by atoms with van der Waals surface area (Å²) in [5.41, 5.74) is 1.46. The van der Waals surface area contributed by atoms with Gasteiger partial charge in [0.25, 0.3) is 0 Å². The SMILES string of the molecule is COC(=O)c1cc(C=O)c(C)[nH]1. The summed E-state index contributed by atoms with van der Waals surface area (Å²) in [7, 11) is 1.29. The van der Waals surface area contributed by atoms with Crippen LogP contribution in [0.5, 0.6) is 0 Å². The lowest BCUT2D eigenvalue weighted by molar-refractivity contribution is 0.0594. The molecule has 0 aromatic carbocycles. The molecule has 1 heterocycles. The first-order valence-corrected chi connectivity index (χ1v) is 3.42. The Kier molecular flexibility index (Phi) is 2.28. The minimum Gasteiger partial charge on any atom is -0.464 e. The van der Waals surface area contributed by atoms with Crippen molar-refractivity contribution in [3.63, 3.8) is 0 Å². The highest BCUT2D eigenvalue weighted by Crippen LogP contribution is 2.07. The molecular formula is C8H9NO3. The van der Waals surface area contributed by atoms with Crippen LogP contribution in [0.15, 0.2) is 6.07 Å². The van der Waals surface area contributed by atoms with Gasteiger partial charge in [0.15, 0.2) is 6.29 Å². The van der Waals surface area contributed by atoms with Crippen molar-refractivity contribution in [3.8, 4) is 0 Å². The van der Waals surface area contributed by atoms with Crippen LogP contribution >= 0.6 is 0 Å². The molecule has 0 unspecified atom stereocenters. The van der Waals surface area contributed by atoms with Gasteiger partial charge < -0.3 is 9.72 Å². The van der Waals surface area contributed by atoms with Crippen molar-refractivity contribution < 1.29 is 14.3 Å². The van der Waals surface area contributed by atoms with E-state index in [-0.39, 0.29) is 0 Å². The number of carbonyl (C=O) groups is 2. The second kappa shape index (κ2) is 3.21. The molecule has 1 aromatic rings. The molecule has 0 fully saturated rings. The second-order valence-corrected chi connectivity index (χ2v) is 2.37. The summed E-state index contributed by atoms with van der Waals surface area (Å²) in [6.45, 7) is 1.72. The van der Waals surface area contributed by atoms with Gasteiger partial charge in [-0.3, -0.25) is 4.79 Å². The van der Waals surface area contributed by atoms with Crippen LogP contribution in [0.2, 0.25) is 0 Å². The van der Waals surface area contributed by atoms with Crippen LogP contribution in [0, 0.1) is 6.92 Å². The molecule has 0 spiro atoms. The highest BCUT2D eigenvalue weighted by atomic mass is 16.5. The number of methoxy groups -OCH3 is 1. The monoisotopic (exact) mass is 167 g/mol. The van der Waals surface area contributed by atoms with E-state index in [1.165, 1.54) is 13.2 Å². The van der Waals surface area contributed by atoms with Gasteiger partial charge in [-0.2, -0.15) is 0 Å². The second-order valence-electron chi connectivity index (χ2n) is 2.37. The van der Waals surface area contributed by atoms with E-state index in [0.717, 1.165) is 0 Å².